The maximum atomic E-state index is 12.7. The molecule has 0 aliphatic heterocycles. The first-order chi connectivity index (χ1) is 5.75. The van der Waals surface area contributed by atoms with Crippen molar-refractivity contribution in [3.05, 3.63) is 35.1 Å². The van der Waals surface area contributed by atoms with Gasteiger partial charge in [0, 0.05) is 0 Å². The predicted molar refractivity (Wildman–Crippen MR) is 44.4 cm³/mol. The molecule has 0 radical (unpaired) electrons. The van der Waals surface area contributed by atoms with E-state index in [4.69, 9.17) is 0 Å². The average molecular weight is 166 g/mol. The van der Waals surface area contributed by atoms with Gasteiger partial charge in [0.2, 0.25) is 0 Å². The first kappa shape index (κ1) is 7.74. The molecule has 0 saturated carbocycles. The van der Waals surface area contributed by atoms with Crippen LogP contribution in [0.4, 0.5) is 4.39 Å². The van der Waals surface area contributed by atoms with Crippen LogP contribution >= 0.6 is 0 Å². The van der Waals surface area contributed by atoms with Gasteiger partial charge in [0.05, 0.1) is 6.10 Å². The molecule has 0 saturated heterocycles. The van der Waals surface area contributed by atoms with Gasteiger partial charge in [-0.05, 0) is 42.5 Å². The van der Waals surface area contributed by atoms with Crippen molar-refractivity contribution in [2.45, 2.75) is 25.4 Å². The molecule has 0 amide bonds. The third-order valence-corrected chi connectivity index (χ3v) is 2.37. The quantitative estimate of drug-likeness (QED) is 0.621. The fourth-order valence-corrected chi connectivity index (χ4v) is 1.70. The smallest absolute Gasteiger partial charge is 0.123 e. The van der Waals surface area contributed by atoms with Gasteiger partial charge in [-0.2, -0.15) is 0 Å². The second-order valence-corrected chi connectivity index (χ2v) is 3.31. The molecule has 1 nitrogen and oxygen atoms in total. The highest BCUT2D eigenvalue weighted by Crippen LogP contribution is 2.21. The van der Waals surface area contributed by atoms with Crippen molar-refractivity contribution in [1.29, 1.82) is 0 Å². The Kier molecular flexibility index (Phi) is 1.85. The topological polar surface area (TPSA) is 20.2 Å². The third kappa shape index (κ3) is 1.34. The van der Waals surface area contributed by atoms with Crippen molar-refractivity contribution < 1.29 is 9.50 Å². The molecule has 1 aromatic rings. The summed E-state index contributed by atoms with van der Waals surface area (Å²) in [5.41, 5.74) is 2.15. The molecule has 1 aliphatic carbocycles. The minimum Gasteiger partial charge on any atom is -0.393 e. The SMILES string of the molecule is OC1CCc2cc(F)ccc2C1. The second-order valence-electron chi connectivity index (χ2n) is 3.31. The molecule has 0 bridgehead atoms. The van der Waals surface area contributed by atoms with Crippen molar-refractivity contribution >= 4 is 0 Å². The van der Waals surface area contributed by atoms with Crippen LogP contribution in [0.5, 0.6) is 0 Å². The van der Waals surface area contributed by atoms with Crippen molar-refractivity contribution in [3.8, 4) is 0 Å². The molecule has 2 rings (SSSR count). The lowest BCUT2D eigenvalue weighted by Gasteiger charge is -2.20. The number of benzene rings is 1. The largest absolute Gasteiger partial charge is 0.393 e. The molecule has 1 atom stereocenters. The first-order valence-electron chi connectivity index (χ1n) is 4.21. The molecular formula is C10H11FO. The van der Waals surface area contributed by atoms with E-state index in [1.54, 1.807) is 12.1 Å². The van der Waals surface area contributed by atoms with Gasteiger partial charge < -0.3 is 5.11 Å². The maximum Gasteiger partial charge on any atom is 0.123 e. The standard InChI is InChI=1S/C10H11FO/c11-9-3-1-8-6-10(12)4-2-7(8)5-9/h1,3,5,10,12H,2,4,6H2. The number of fused-ring (bicyclic) bond motifs is 1. The van der Waals surface area contributed by atoms with E-state index in [1.165, 1.54) is 6.07 Å². The summed E-state index contributed by atoms with van der Waals surface area (Å²) in [6.07, 6.45) is 2.00. The highest BCUT2D eigenvalue weighted by molar-refractivity contribution is 5.30. The zero-order valence-corrected chi connectivity index (χ0v) is 6.76. The van der Waals surface area contributed by atoms with Crippen LogP contribution in [0.25, 0.3) is 0 Å². The van der Waals surface area contributed by atoms with Crippen LogP contribution in [0.3, 0.4) is 0 Å². The first-order valence-corrected chi connectivity index (χ1v) is 4.21. The van der Waals surface area contributed by atoms with E-state index in [0.29, 0.717) is 6.42 Å². The van der Waals surface area contributed by atoms with Gasteiger partial charge in [-0.15, -0.1) is 0 Å². The zero-order valence-electron chi connectivity index (χ0n) is 6.76. The fraction of sp³-hybridized carbons (Fsp3) is 0.400. The number of aryl methyl sites for hydroxylation is 1. The van der Waals surface area contributed by atoms with Crippen molar-refractivity contribution in [2.75, 3.05) is 0 Å². The second kappa shape index (κ2) is 2.87. The summed E-state index contributed by atoms with van der Waals surface area (Å²) in [5.74, 6) is -0.176. The lowest BCUT2D eigenvalue weighted by Crippen LogP contribution is -2.18. The summed E-state index contributed by atoms with van der Waals surface area (Å²) in [5, 5.41) is 9.33. The van der Waals surface area contributed by atoms with Crippen LogP contribution in [-0.2, 0) is 12.8 Å². The zero-order chi connectivity index (χ0) is 8.55. The monoisotopic (exact) mass is 166 g/mol. The molecule has 1 aromatic carbocycles. The average Bonchev–Trinajstić information content (AvgIpc) is 2.05. The summed E-state index contributed by atoms with van der Waals surface area (Å²) in [6, 6.07) is 4.80. The molecule has 0 aromatic heterocycles. The van der Waals surface area contributed by atoms with E-state index in [9.17, 15) is 9.50 Å². The van der Waals surface area contributed by atoms with Crippen LogP contribution in [0.15, 0.2) is 18.2 Å². The maximum absolute atomic E-state index is 12.7. The number of halogens is 1. The van der Waals surface area contributed by atoms with Crippen LogP contribution in [0.2, 0.25) is 0 Å². The Hall–Kier alpha value is -0.890. The minimum atomic E-state index is -0.233. The molecule has 1 N–H and O–H groups in total. The van der Waals surface area contributed by atoms with Gasteiger partial charge >= 0.3 is 0 Å². The number of aliphatic hydroxyl groups is 1. The highest BCUT2D eigenvalue weighted by atomic mass is 19.1. The number of hydrogen-bond donors (Lipinski definition) is 1. The van der Waals surface area contributed by atoms with E-state index < -0.39 is 0 Å². The van der Waals surface area contributed by atoms with Crippen molar-refractivity contribution in [2.24, 2.45) is 0 Å². The molecule has 0 spiro atoms. The lowest BCUT2D eigenvalue weighted by molar-refractivity contribution is 0.158. The summed E-state index contributed by atoms with van der Waals surface area (Å²) in [4.78, 5) is 0. The van der Waals surface area contributed by atoms with Gasteiger partial charge in [-0.3, -0.25) is 0 Å². The van der Waals surface area contributed by atoms with Crippen molar-refractivity contribution in [3.63, 3.8) is 0 Å². The molecule has 0 fully saturated rings. The van der Waals surface area contributed by atoms with E-state index in [-0.39, 0.29) is 11.9 Å². The molecule has 1 aliphatic rings. The Balaban J connectivity index is 2.37. The van der Waals surface area contributed by atoms with Gasteiger partial charge in [0.1, 0.15) is 5.82 Å². The van der Waals surface area contributed by atoms with Crippen LogP contribution in [0, 0.1) is 5.82 Å². The van der Waals surface area contributed by atoms with Crippen LogP contribution in [-0.4, -0.2) is 11.2 Å². The normalized spacial score (nSPS) is 22.0. The van der Waals surface area contributed by atoms with Gasteiger partial charge in [-0.25, -0.2) is 4.39 Å². The summed E-state index contributed by atoms with van der Waals surface area (Å²) >= 11 is 0. The summed E-state index contributed by atoms with van der Waals surface area (Å²) in [6.45, 7) is 0. The van der Waals surface area contributed by atoms with Crippen LogP contribution < -0.4 is 0 Å². The Morgan fingerprint density at radius 2 is 2.17 bits per heavy atom. The molecule has 1 unspecified atom stereocenters. The Morgan fingerprint density at radius 1 is 1.33 bits per heavy atom. The van der Waals surface area contributed by atoms with Gasteiger partial charge in [-0.1, -0.05) is 6.07 Å². The lowest BCUT2D eigenvalue weighted by atomic mass is 9.90. The number of aliphatic hydroxyl groups excluding tert-OH is 1. The predicted octanol–water partition coefficient (Wildman–Crippen LogP) is 1.68. The highest BCUT2D eigenvalue weighted by Gasteiger charge is 2.16. The van der Waals surface area contributed by atoms with E-state index in [0.717, 1.165) is 24.0 Å². The molecule has 0 heterocycles. The molecular weight excluding hydrogens is 155 g/mol. The Morgan fingerprint density at radius 3 is 3.00 bits per heavy atom. The van der Waals surface area contributed by atoms with Gasteiger partial charge in [0.15, 0.2) is 0 Å². The Bertz CT molecular complexity index is 296. The van der Waals surface area contributed by atoms with Crippen molar-refractivity contribution in [1.82, 2.24) is 0 Å². The fourth-order valence-electron chi connectivity index (χ4n) is 1.70. The van der Waals surface area contributed by atoms with E-state index in [2.05, 4.69) is 0 Å². The third-order valence-electron chi connectivity index (χ3n) is 2.37. The minimum absolute atomic E-state index is 0.176. The number of hydrogen-bond acceptors (Lipinski definition) is 1. The van der Waals surface area contributed by atoms with E-state index in [1.807, 2.05) is 0 Å². The van der Waals surface area contributed by atoms with Crippen LogP contribution in [0.1, 0.15) is 17.5 Å². The molecule has 12 heavy (non-hydrogen) atoms. The summed E-state index contributed by atoms with van der Waals surface area (Å²) < 4.78 is 12.7. The van der Waals surface area contributed by atoms with Gasteiger partial charge in [0.25, 0.3) is 0 Å². The summed E-state index contributed by atoms with van der Waals surface area (Å²) in [7, 11) is 0. The molecule has 2 heteroatoms. The number of rotatable bonds is 0. The van der Waals surface area contributed by atoms with E-state index >= 15 is 0 Å². The molecule has 64 valence electrons. The Labute approximate surface area is 70.8 Å².